The molecule has 0 spiro atoms. The summed E-state index contributed by atoms with van der Waals surface area (Å²) in [7, 11) is 0. The summed E-state index contributed by atoms with van der Waals surface area (Å²) in [6, 6.07) is 9.30. The summed E-state index contributed by atoms with van der Waals surface area (Å²) in [5, 5.41) is 0. The molecule has 0 radical (unpaired) electrons. The lowest BCUT2D eigenvalue weighted by atomic mass is 9.81. The molecule has 0 fully saturated rings. The number of amides is 1. The molecule has 6 nitrogen and oxygen atoms in total. The molecule has 1 amide bonds. The summed E-state index contributed by atoms with van der Waals surface area (Å²) >= 11 is 0. The van der Waals surface area contributed by atoms with Crippen LogP contribution in [0.1, 0.15) is 38.2 Å². The van der Waals surface area contributed by atoms with Gasteiger partial charge in [0.2, 0.25) is 5.91 Å². The molecule has 0 aliphatic heterocycles. The average molecular weight is 321 g/mol. The van der Waals surface area contributed by atoms with E-state index in [0.29, 0.717) is 19.4 Å². The van der Waals surface area contributed by atoms with Crippen molar-refractivity contribution in [3.8, 4) is 0 Å². The van der Waals surface area contributed by atoms with Crippen LogP contribution >= 0.6 is 0 Å². The van der Waals surface area contributed by atoms with Crippen LogP contribution in [-0.2, 0) is 20.9 Å². The van der Waals surface area contributed by atoms with E-state index in [-0.39, 0.29) is 6.61 Å². The van der Waals surface area contributed by atoms with E-state index in [1.807, 2.05) is 30.3 Å². The molecule has 0 aromatic heterocycles. The van der Waals surface area contributed by atoms with Crippen molar-refractivity contribution in [3.05, 3.63) is 35.9 Å². The van der Waals surface area contributed by atoms with Gasteiger partial charge in [-0.3, -0.25) is 9.59 Å². The molecule has 2 atom stereocenters. The third-order valence-corrected chi connectivity index (χ3v) is 4.09. The molecule has 0 aliphatic carbocycles. The van der Waals surface area contributed by atoms with E-state index in [4.69, 9.17) is 21.9 Å². The van der Waals surface area contributed by atoms with E-state index in [2.05, 4.69) is 0 Å². The molecule has 0 heterocycles. The van der Waals surface area contributed by atoms with Crippen molar-refractivity contribution in [3.63, 3.8) is 0 Å². The van der Waals surface area contributed by atoms with Crippen LogP contribution in [0.2, 0.25) is 0 Å². The van der Waals surface area contributed by atoms with Crippen molar-refractivity contribution in [2.75, 3.05) is 6.54 Å². The minimum absolute atomic E-state index is 0.118. The predicted octanol–water partition coefficient (Wildman–Crippen LogP) is 1.07. The van der Waals surface area contributed by atoms with Gasteiger partial charge in [0.15, 0.2) is 0 Å². The van der Waals surface area contributed by atoms with Gasteiger partial charge in [0.1, 0.15) is 12.1 Å². The predicted molar refractivity (Wildman–Crippen MR) is 89.0 cm³/mol. The van der Waals surface area contributed by atoms with Crippen LogP contribution in [0.15, 0.2) is 30.3 Å². The zero-order valence-corrected chi connectivity index (χ0v) is 13.7. The molecule has 1 rings (SSSR count). The molecule has 23 heavy (non-hydrogen) atoms. The quantitative estimate of drug-likeness (QED) is 0.439. The third kappa shape index (κ3) is 5.65. The number of primary amides is 1. The van der Waals surface area contributed by atoms with Crippen LogP contribution in [0, 0.1) is 5.92 Å². The smallest absolute Gasteiger partial charge is 0.327 e. The fraction of sp³-hybridized carbons (Fsp3) is 0.529. The Morgan fingerprint density at radius 2 is 1.83 bits per heavy atom. The summed E-state index contributed by atoms with van der Waals surface area (Å²) in [5.41, 5.74) is 16.5. The van der Waals surface area contributed by atoms with Crippen LogP contribution in [0.4, 0.5) is 0 Å². The van der Waals surface area contributed by atoms with Crippen LogP contribution in [0.3, 0.4) is 0 Å². The summed E-state index contributed by atoms with van der Waals surface area (Å²) in [4.78, 5) is 24.0. The fourth-order valence-electron chi connectivity index (χ4n) is 2.35. The minimum Gasteiger partial charge on any atom is -0.459 e. The number of hydrogen-bond donors (Lipinski definition) is 3. The molecule has 1 aromatic carbocycles. The topological polar surface area (TPSA) is 121 Å². The molecule has 0 saturated heterocycles. The maximum atomic E-state index is 12.5. The number of carbonyl (C=O) groups is 2. The Balaban J connectivity index is 2.73. The molecule has 0 saturated carbocycles. The number of unbranched alkanes of at least 4 members (excludes halogenated alkanes) is 2. The van der Waals surface area contributed by atoms with Crippen molar-refractivity contribution < 1.29 is 14.3 Å². The lowest BCUT2D eigenvalue weighted by Crippen LogP contribution is -2.57. The van der Waals surface area contributed by atoms with Crippen molar-refractivity contribution >= 4 is 11.9 Å². The van der Waals surface area contributed by atoms with Gasteiger partial charge in [-0.25, -0.2) is 0 Å². The van der Waals surface area contributed by atoms with Crippen molar-refractivity contribution in [1.29, 1.82) is 0 Å². The first kappa shape index (κ1) is 19.1. The molecule has 1 aromatic rings. The Labute approximate surface area is 137 Å². The van der Waals surface area contributed by atoms with Crippen molar-refractivity contribution in [2.45, 2.75) is 44.8 Å². The molecule has 2 unspecified atom stereocenters. The maximum absolute atomic E-state index is 12.5. The van der Waals surface area contributed by atoms with E-state index < -0.39 is 23.3 Å². The average Bonchev–Trinajstić information content (AvgIpc) is 2.56. The highest BCUT2D eigenvalue weighted by Gasteiger charge is 2.43. The number of ether oxygens (including phenoxy) is 1. The number of benzene rings is 1. The van der Waals surface area contributed by atoms with E-state index in [1.54, 1.807) is 6.92 Å². The van der Waals surface area contributed by atoms with Gasteiger partial charge < -0.3 is 21.9 Å². The van der Waals surface area contributed by atoms with Crippen molar-refractivity contribution in [1.82, 2.24) is 0 Å². The third-order valence-electron chi connectivity index (χ3n) is 4.09. The molecule has 128 valence electrons. The molecule has 0 bridgehead atoms. The van der Waals surface area contributed by atoms with Crippen molar-refractivity contribution in [2.24, 2.45) is 23.1 Å². The van der Waals surface area contributed by atoms with Crippen LogP contribution in [-0.4, -0.2) is 24.0 Å². The Bertz CT molecular complexity index is 507. The SMILES string of the molecule is CC(C(N)=O)C(N)(CCCCCN)C(=O)OCc1ccccc1. The Morgan fingerprint density at radius 1 is 1.17 bits per heavy atom. The summed E-state index contributed by atoms with van der Waals surface area (Å²) < 4.78 is 5.33. The molecular weight excluding hydrogens is 294 g/mol. The van der Waals surface area contributed by atoms with Gasteiger partial charge in [-0.15, -0.1) is 0 Å². The van der Waals surface area contributed by atoms with Gasteiger partial charge in [0, 0.05) is 0 Å². The highest BCUT2D eigenvalue weighted by molar-refractivity contribution is 5.89. The second kappa shape index (κ2) is 9.27. The number of hydrogen-bond acceptors (Lipinski definition) is 5. The largest absolute Gasteiger partial charge is 0.459 e. The zero-order valence-electron chi connectivity index (χ0n) is 13.7. The Hall–Kier alpha value is -1.92. The van der Waals surface area contributed by atoms with E-state index in [0.717, 1.165) is 18.4 Å². The van der Waals surface area contributed by atoms with Crippen LogP contribution < -0.4 is 17.2 Å². The monoisotopic (exact) mass is 321 g/mol. The summed E-state index contributed by atoms with van der Waals surface area (Å²) in [5.74, 6) is -2.01. The van der Waals surface area contributed by atoms with Crippen LogP contribution in [0.5, 0.6) is 0 Å². The van der Waals surface area contributed by atoms with E-state index in [1.165, 1.54) is 0 Å². The number of carbonyl (C=O) groups excluding carboxylic acids is 2. The lowest BCUT2D eigenvalue weighted by Gasteiger charge is -2.31. The van der Waals surface area contributed by atoms with Gasteiger partial charge in [-0.2, -0.15) is 0 Å². The van der Waals surface area contributed by atoms with Gasteiger partial charge in [-0.1, -0.05) is 50.1 Å². The first-order valence-corrected chi connectivity index (χ1v) is 7.91. The Morgan fingerprint density at radius 3 is 2.39 bits per heavy atom. The molecule has 6 N–H and O–H groups in total. The highest BCUT2D eigenvalue weighted by atomic mass is 16.5. The Kier molecular flexibility index (Phi) is 7.71. The van der Waals surface area contributed by atoms with Gasteiger partial charge in [0.25, 0.3) is 0 Å². The summed E-state index contributed by atoms with van der Waals surface area (Å²) in [6.07, 6.45) is 2.71. The van der Waals surface area contributed by atoms with Gasteiger partial charge >= 0.3 is 5.97 Å². The first-order chi connectivity index (χ1) is 10.9. The zero-order chi connectivity index (χ0) is 17.3. The maximum Gasteiger partial charge on any atom is 0.327 e. The summed E-state index contributed by atoms with van der Waals surface area (Å²) in [6.45, 7) is 2.27. The van der Waals surface area contributed by atoms with Gasteiger partial charge in [-0.05, 0) is 24.9 Å². The molecule has 6 heteroatoms. The second-order valence-corrected chi connectivity index (χ2v) is 5.83. The van der Waals surface area contributed by atoms with Crippen LogP contribution in [0.25, 0.3) is 0 Å². The number of esters is 1. The normalized spacial score (nSPS) is 14.7. The van der Waals surface area contributed by atoms with E-state index >= 15 is 0 Å². The number of nitrogens with two attached hydrogens (primary N) is 3. The second-order valence-electron chi connectivity index (χ2n) is 5.83. The lowest BCUT2D eigenvalue weighted by molar-refractivity contribution is -0.156. The standard InChI is InChI=1S/C17H27N3O3/c1-13(15(19)21)17(20,10-6-3-7-11-18)16(22)23-12-14-8-4-2-5-9-14/h2,4-5,8-9,13H,3,6-7,10-12,18,20H2,1H3,(H2,19,21). The fourth-order valence-corrected chi connectivity index (χ4v) is 2.35. The number of rotatable bonds is 10. The minimum atomic E-state index is -1.41. The molecular formula is C17H27N3O3. The molecule has 0 aliphatic rings. The van der Waals surface area contributed by atoms with E-state index in [9.17, 15) is 9.59 Å². The first-order valence-electron chi connectivity index (χ1n) is 7.91. The van der Waals surface area contributed by atoms with Gasteiger partial charge in [0.05, 0.1) is 5.92 Å². The highest BCUT2D eigenvalue weighted by Crippen LogP contribution is 2.24.